The van der Waals surface area contributed by atoms with Crippen LogP contribution in [-0.2, 0) is 32.3 Å². The van der Waals surface area contributed by atoms with Gasteiger partial charge in [-0.25, -0.2) is 18.4 Å². The lowest BCUT2D eigenvalue weighted by atomic mass is 9.69. The van der Waals surface area contributed by atoms with E-state index in [1.54, 1.807) is 12.3 Å². The highest BCUT2D eigenvalue weighted by Gasteiger charge is 2.49. The van der Waals surface area contributed by atoms with Gasteiger partial charge in [0.2, 0.25) is 0 Å². The molecule has 0 atom stereocenters. The van der Waals surface area contributed by atoms with Crippen LogP contribution in [0.1, 0.15) is 48.9 Å². The molecule has 1 aliphatic carbocycles. The van der Waals surface area contributed by atoms with E-state index >= 15 is 0 Å². The summed E-state index contributed by atoms with van der Waals surface area (Å²) in [6.45, 7) is 3.10. The van der Waals surface area contributed by atoms with Gasteiger partial charge in [0.05, 0.1) is 28.9 Å². The van der Waals surface area contributed by atoms with E-state index in [1.807, 2.05) is 25.1 Å². The summed E-state index contributed by atoms with van der Waals surface area (Å²) >= 11 is 0. The van der Waals surface area contributed by atoms with Crippen molar-refractivity contribution in [3.63, 3.8) is 0 Å². The average molecular weight is 538 g/mol. The third-order valence-corrected chi connectivity index (χ3v) is 9.09. The molecule has 0 unspecified atom stereocenters. The average Bonchev–Trinajstić information content (AvgIpc) is 2.91. The molecule has 7 rings (SSSR count). The van der Waals surface area contributed by atoms with Gasteiger partial charge in [0, 0.05) is 24.5 Å². The predicted octanol–water partition coefficient (Wildman–Crippen LogP) is 2.87. The lowest BCUT2D eigenvalue weighted by Crippen LogP contribution is -2.61. The van der Waals surface area contributed by atoms with Crippen LogP contribution in [0.3, 0.4) is 0 Å². The zero-order valence-electron chi connectivity index (χ0n) is 21.5. The lowest BCUT2D eigenvalue weighted by molar-refractivity contribution is -0.165. The molecule has 2 N–H and O–H groups in total. The number of carbonyl (C=O) groups is 1. The number of rotatable bonds is 7. The Morgan fingerprint density at radius 2 is 1.92 bits per heavy atom. The molecule has 38 heavy (non-hydrogen) atoms. The summed E-state index contributed by atoms with van der Waals surface area (Å²) in [7, 11) is -3.42. The van der Waals surface area contributed by atoms with Crippen LogP contribution >= 0.6 is 0 Å². The Labute approximate surface area is 221 Å². The van der Waals surface area contributed by atoms with Crippen LogP contribution in [0.5, 0.6) is 5.75 Å². The highest BCUT2D eigenvalue weighted by molar-refractivity contribution is 7.90. The van der Waals surface area contributed by atoms with E-state index in [4.69, 9.17) is 9.47 Å². The van der Waals surface area contributed by atoms with Crippen molar-refractivity contribution in [1.82, 2.24) is 20.3 Å². The molecule has 3 aliphatic heterocycles. The number of hydrogen-bond donors (Lipinski definition) is 2. The summed E-state index contributed by atoms with van der Waals surface area (Å²) in [6.07, 6.45) is 8.45. The summed E-state index contributed by atoms with van der Waals surface area (Å²) in [4.78, 5) is 25.1. The summed E-state index contributed by atoms with van der Waals surface area (Å²) in [6, 6.07) is 7.29. The number of fused-ring (bicyclic) bond motifs is 5. The van der Waals surface area contributed by atoms with E-state index in [2.05, 4.69) is 25.6 Å². The van der Waals surface area contributed by atoms with Crippen LogP contribution in [0.15, 0.2) is 35.5 Å². The second-order valence-electron chi connectivity index (χ2n) is 10.8. The summed E-state index contributed by atoms with van der Waals surface area (Å²) in [5.74, 6) is 0.868. The molecule has 0 aromatic carbocycles. The van der Waals surface area contributed by atoms with Crippen LogP contribution in [0.4, 0.5) is 5.82 Å². The molecule has 0 spiro atoms. The molecule has 11 heteroatoms. The molecule has 1 amide bonds. The monoisotopic (exact) mass is 537 g/mol. The van der Waals surface area contributed by atoms with Crippen molar-refractivity contribution < 1.29 is 22.7 Å². The van der Waals surface area contributed by atoms with Gasteiger partial charge < -0.3 is 20.1 Å². The maximum Gasteiger partial charge on any atom is 0.263 e. The number of carbonyl (C=O) groups excluding carboxylic acids is 1. The molecule has 4 aliphatic rings. The fraction of sp³-hybridized carbons (Fsp3) is 0.481. The Balaban J connectivity index is 1.11. The van der Waals surface area contributed by atoms with Crippen LogP contribution in [0.25, 0.3) is 11.0 Å². The molecule has 2 bridgehead atoms. The first-order valence-corrected chi connectivity index (χ1v) is 14.8. The maximum absolute atomic E-state index is 12.2. The van der Waals surface area contributed by atoms with Crippen LogP contribution in [0, 0.1) is 6.92 Å². The second kappa shape index (κ2) is 9.25. The van der Waals surface area contributed by atoms with Gasteiger partial charge in [-0.05, 0) is 80.8 Å². The van der Waals surface area contributed by atoms with Gasteiger partial charge in [0.15, 0.2) is 33.0 Å². The number of sulfone groups is 1. The van der Waals surface area contributed by atoms with Crippen LogP contribution in [0.2, 0.25) is 0 Å². The van der Waals surface area contributed by atoms with Gasteiger partial charge in [-0.1, -0.05) is 0 Å². The standard InChI is InChI=1S/C27H31N5O5S/c1-17-13-22(38(2,34)35)32-24-18(6-12-28-23(17)24)5-7-27-10-8-26(9-11-27,16-37-27)29-14-19-3-4-20-25(30-19)31-21(33)15-36-20/h3-4,6,12-13,29H,5,7-11,14-16H2,1-2H3,(H,30,31,33). The molecular weight excluding hydrogens is 506 g/mol. The van der Waals surface area contributed by atoms with Crippen LogP contribution < -0.4 is 15.4 Å². The van der Waals surface area contributed by atoms with Gasteiger partial charge in [0.25, 0.3) is 5.91 Å². The van der Waals surface area contributed by atoms with E-state index in [0.29, 0.717) is 30.2 Å². The third kappa shape index (κ3) is 4.74. The van der Waals surface area contributed by atoms with Crippen molar-refractivity contribution in [3.05, 3.63) is 47.3 Å². The quantitative estimate of drug-likeness (QED) is 0.467. The minimum Gasteiger partial charge on any atom is -0.480 e. The third-order valence-electron chi connectivity index (χ3n) is 8.12. The smallest absolute Gasteiger partial charge is 0.263 e. The van der Waals surface area contributed by atoms with E-state index in [-0.39, 0.29) is 28.7 Å². The highest BCUT2D eigenvalue weighted by Crippen LogP contribution is 2.46. The number of ether oxygens (including phenoxy) is 2. The highest BCUT2D eigenvalue weighted by atomic mass is 32.2. The number of anilines is 1. The number of hydrogen-bond acceptors (Lipinski definition) is 9. The first-order chi connectivity index (χ1) is 18.1. The summed E-state index contributed by atoms with van der Waals surface area (Å²) < 4.78 is 36.2. The van der Waals surface area contributed by atoms with Crippen molar-refractivity contribution in [1.29, 1.82) is 0 Å². The molecule has 3 aromatic heterocycles. The summed E-state index contributed by atoms with van der Waals surface area (Å²) in [5.41, 5.74) is 3.77. The van der Waals surface area contributed by atoms with E-state index in [1.165, 1.54) is 6.26 Å². The predicted molar refractivity (Wildman–Crippen MR) is 141 cm³/mol. The normalized spacial score (nSPS) is 24.6. The fourth-order valence-electron chi connectivity index (χ4n) is 5.75. The van der Waals surface area contributed by atoms with E-state index < -0.39 is 9.84 Å². The largest absolute Gasteiger partial charge is 0.480 e. The molecular formula is C27H31N5O5S. The molecule has 200 valence electrons. The Hall–Kier alpha value is -3.15. The van der Waals surface area contributed by atoms with Crippen molar-refractivity contribution in [2.45, 2.75) is 68.2 Å². The number of aryl methyl sites for hydroxylation is 2. The van der Waals surface area contributed by atoms with Gasteiger partial charge in [0.1, 0.15) is 0 Å². The lowest BCUT2D eigenvalue weighted by Gasteiger charge is -2.53. The summed E-state index contributed by atoms with van der Waals surface area (Å²) in [5, 5.41) is 6.53. The Morgan fingerprint density at radius 3 is 2.66 bits per heavy atom. The first kappa shape index (κ1) is 25.1. The van der Waals surface area contributed by atoms with Gasteiger partial charge in [-0.15, -0.1) is 0 Å². The number of amides is 1. The Morgan fingerprint density at radius 1 is 1.11 bits per heavy atom. The number of pyridine rings is 3. The SMILES string of the molecule is Cc1cc(S(C)(=O)=O)nc2c(CCC34CCC(NCc5ccc6c(n5)NC(=O)CO6)(CC3)CO4)ccnc12. The van der Waals surface area contributed by atoms with Crippen molar-refractivity contribution in [3.8, 4) is 5.75 Å². The maximum atomic E-state index is 12.2. The fourth-order valence-corrected chi connectivity index (χ4v) is 6.40. The molecule has 2 saturated heterocycles. The molecule has 1 saturated carbocycles. The minimum atomic E-state index is -3.42. The first-order valence-electron chi connectivity index (χ1n) is 12.9. The van der Waals surface area contributed by atoms with E-state index in [9.17, 15) is 13.2 Å². The van der Waals surface area contributed by atoms with Crippen molar-refractivity contribution in [2.24, 2.45) is 0 Å². The van der Waals surface area contributed by atoms with Gasteiger partial charge >= 0.3 is 0 Å². The number of aromatic nitrogens is 3. The van der Waals surface area contributed by atoms with Crippen LogP contribution in [-0.4, -0.2) is 59.9 Å². The number of nitrogens with zero attached hydrogens (tertiary/aromatic N) is 3. The van der Waals surface area contributed by atoms with E-state index in [0.717, 1.165) is 60.9 Å². The zero-order chi connectivity index (χ0) is 26.5. The topological polar surface area (TPSA) is 132 Å². The van der Waals surface area contributed by atoms with Gasteiger partial charge in [-0.3, -0.25) is 9.78 Å². The Bertz CT molecular complexity index is 1520. The second-order valence-corrected chi connectivity index (χ2v) is 12.8. The molecule has 3 aromatic rings. The number of nitrogens with one attached hydrogen (secondary N) is 2. The molecule has 3 fully saturated rings. The van der Waals surface area contributed by atoms with Gasteiger partial charge in [-0.2, -0.15) is 0 Å². The van der Waals surface area contributed by atoms with Crippen molar-refractivity contribution >= 4 is 32.6 Å². The Kier molecular flexibility index (Phi) is 6.12. The molecule has 6 heterocycles. The molecule has 10 nitrogen and oxygen atoms in total. The minimum absolute atomic E-state index is 0.0176. The molecule has 0 radical (unpaired) electrons. The zero-order valence-corrected chi connectivity index (χ0v) is 22.4. The van der Waals surface area contributed by atoms with Crippen molar-refractivity contribution in [2.75, 3.05) is 24.8 Å².